The molecule has 32 heavy (non-hydrogen) atoms. The Bertz CT molecular complexity index is 1140. The van der Waals surface area contributed by atoms with Crippen molar-refractivity contribution in [2.75, 3.05) is 27.2 Å². The van der Waals surface area contributed by atoms with Crippen molar-refractivity contribution < 1.29 is 27.3 Å². The lowest BCUT2D eigenvalue weighted by atomic mass is 10.1. The number of nitrogens with zero attached hydrogens (tertiary/aromatic N) is 3. The largest absolute Gasteiger partial charge is 0.435 e. The van der Waals surface area contributed by atoms with Crippen LogP contribution in [0.5, 0.6) is 0 Å². The molecule has 11 heteroatoms. The summed E-state index contributed by atoms with van der Waals surface area (Å²) in [5.41, 5.74) is -2.17. The predicted molar refractivity (Wildman–Crippen MR) is 110 cm³/mol. The molecule has 0 saturated carbocycles. The standard InChI is InChI=1S/C21H19F3N4O4/c1-27(2)12-11-25-19(29)17-18(14-8-4-6-10-16(14)28(30)31)32-20(26-17)13-7-3-5-9-15(13)21(22,23)24/h3-10H,11-12H2,1-2H3,(H,25,29). The van der Waals surface area contributed by atoms with Gasteiger partial charge in [0.25, 0.3) is 11.6 Å². The zero-order valence-electron chi connectivity index (χ0n) is 17.1. The van der Waals surface area contributed by atoms with Crippen molar-refractivity contribution in [2.45, 2.75) is 6.18 Å². The minimum Gasteiger partial charge on any atom is -0.435 e. The van der Waals surface area contributed by atoms with E-state index in [1.807, 2.05) is 4.90 Å². The van der Waals surface area contributed by atoms with E-state index in [1.54, 1.807) is 14.1 Å². The van der Waals surface area contributed by atoms with Gasteiger partial charge in [-0.15, -0.1) is 0 Å². The molecule has 1 amide bonds. The Kier molecular flexibility index (Phi) is 6.58. The van der Waals surface area contributed by atoms with Gasteiger partial charge in [-0.25, -0.2) is 4.98 Å². The van der Waals surface area contributed by atoms with Crippen LogP contribution in [-0.4, -0.2) is 47.9 Å². The average Bonchev–Trinajstić information content (AvgIpc) is 3.18. The zero-order chi connectivity index (χ0) is 23.5. The van der Waals surface area contributed by atoms with Gasteiger partial charge in [-0.2, -0.15) is 13.2 Å². The van der Waals surface area contributed by atoms with E-state index in [9.17, 15) is 28.1 Å². The summed E-state index contributed by atoms with van der Waals surface area (Å²) in [5, 5.41) is 14.1. The first-order valence-corrected chi connectivity index (χ1v) is 9.43. The topological polar surface area (TPSA) is 102 Å². The molecule has 0 aliphatic carbocycles. The fraction of sp³-hybridized carbons (Fsp3) is 0.238. The molecule has 3 rings (SSSR count). The molecular weight excluding hydrogens is 429 g/mol. The monoisotopic (exact) mass is 448 g/mol. The summed E-state index contributed by atoms with van der Waals surface area (Å²) >= 11 is 0. The van der Waals surface area contributed by atoms with Crippen LogP contribution in [0.2, 0.25) is 0 Å². The molecule has 1 aromatic heterocycles. The maximum absolute atomic E-state index is 13.5. The maximum Gasteiger partial charge on any atom is 0.417 e. The van der Waals surface area contributed by atoms with E-state index in [2.05, 4.69) is 10.3 Å². The van der Waals surface area contributed by atoms with Gasteiger partial charge >= 0.3 is 6.18 Å². The number of benzene rings is 2. The molecule has 0 saturated heterocycles. The van der Waals surface area contributed by atoms with E-state index in [1.165, 1.54) is 36.4 Å². The number of aromatic nitrogens is 1. The average molecular weight is 448 g/mol. The van der Waals surface area contributed by atoms with Gasteiger partial charge in [0.05, 0.1) is 16.1 Å². The molecule has 0 spiro atoms. The quantitative estimate of drug-likeness (QED) is 0.429. The van der Waals surface area contributed by atoms with Crippen LogP contribution < -0.4 is 5.32 Å². The van der Waals surface area contributed by atoms with E-state index in [0.29, 0.717) is 6.54 Å². The van der Waals surface area contributed by atoms with Crippen LogP contribution in [-0.2, 0) is 6.18 Å². The van der Waals surface area contributed by atoms with E-state index < -0.39 is 28.5 Å². The van der Waals surface area contributed by atoms with Gasteiger partial charge in [0, 0.05) is 24.7 Å². The molecule has 1 heterocycles. The van der Waals surface area contributed by atoms with Gasteiger partial charge in [0.15, 0.2) is 11.5 Å². The fourth-order valence-corrected chi connectivity index (χ4v) is 2.99. The van der Waals surface area contributed by atoms with Gasteiger partial charge in [-0.05, 0) is 32.3 Å². The summed E-state index contributed by atoms with van der Waals surface area (Å²) in [5.74, 6) is -1.48. The Hall–Kier alpha value is -3.73. The summed E-state index contributed by atoms with van der Waals surface area (Å²) < 4.78 is 46.1. The highest BCUT2D eigenvalue weighted by Gasteiger charge is 2.36. The van der Waals surface area contributed by atoms with E-state index in [-0.39, 0.29) is 34.8 Å². The fourth-order valence-electron chi connectivity index (χ4n) is 2.99. The summed E-state index contributed by atoms with van der Waals surface area (Å²) in [7, 11) is 3.60. The number of alkyl halides is 3. The lowest BCUT2D eigenvalue weighted by Gasteiger charge is -2.10. The summed E-state index contributed by atoms with van der Waals surface area (Å²) in [6.07, 6.45) is -4.70. The first-order valence-electron chi connectivity index (χ1n) is 9.43. The molecule has 0 atom stereocenters. The number of hydrogen-bond donors (Lipinski definition) is 1. The Balaban J connectivity index is 2.16. The van der Waals surface area contributed by atoms with Crippen LogP contribution in [0.15, 0.2) is 52.9 Å². The predicted octanol–water partition coefficient (Wildman–Crippen LogP) is 4.23. The number of para-hydroxylation sites is 1. The number of carbonyl (C=O) groups is 1. The molecule has 0 unspecified atom stereocenters. The molecule has 0 aliphatic rings. The number of nitro groups is 1. The number of nitrogens with one attached hydrogen (secondary N) is 1. The molecular formula is C21H19F3N4O4. The van der Waals surface area contributed by atoms with Crippen LogP contribution >= 0.6 is 0 Å². The third-order valence-electron chi connectivity index (χ3n) is 4.50. The minimum atomic E-state index is -4.70. The molecule has 8 nitrogen and oxygen atoms in total. The van der Waals surface area contributed by atoms with Crippen LogP contribution in [0.25, 0.3) is 22.8 Å². The van der Waals surface area contributed by atoms with Crippen molar-refractivity contribution in [3.05, 3.63) is 69.9 Å². The SMILES string of the molecule is CN(C)CCNC(=O)c1nc(-c2ccccc2C(F)(F)F)oc1-c1ccccc1[N+](=O)[O-]. The number of amides is 1. The molecule has 2 aromatic carbocycles. The Morgan fingerprint density at radius 2 is 1.75 bits per heavy atom. The highest BCUT2D eigenvalue weighted by molar-refractivity contribution is 5.99. The van der Waals surface area contributed by atoms with Crippen molar-refractivity contribution in [2.24, 2.45) is 0 Å². The molecule has 1 N–H and O–H groups in total. The normalized spacial score (nSPS) is 11.6. The lowest BCUT2D eigenvalue weighted by Crippen LogP contribution is -2.31. The first kappa shape index (κ1) is 22.9. The van der Waals surface area contributed by atoms with Crippen LogP contribution in [0.1, 0.15) is 16.1 Å². The number of hydrogen-bond acceptors (Lipinski definition) is 6. The summed E-state index contributed by atoms with van der Waals surface area (Å²) in [6, 6.07) is 10.1. The summed E-state index contributed by atoms with van der Waals surface area (Å²) in [4.78, 5) is 29.4. The number of rotatable bonds is 7. The van der Waals surface area contributed by atoms with Gasteiger partial charge in [-0.1, -0.05) is 24.3 Å². The molecule has 0 bridgehead atoms. The van der Waals surface area contributed by atoms with Crippen molar-refractivity contribution >= 4 is 11.6 Å². The minimum absolute atomic E-state index is 0.0708. The lowest BCUT2D eigenvalue weighted by molar-refractivity contribution is -0.384. The van der Waals surface area contributed by atoms with Gasteiger partial charge < -0.3 is 14.6 Å². The van der Waals surface area contributed by atoms with Crippen molar-refractivity contribution in [3.8, 4) is 22.8 Å². The maximum atomic E-state index is 13.5. The third kappa shape index (κ3) is 4.94. The first-order chi connectivity index (χ1) is 15.1. The molecule has 168 valence electrons. The highest BCUT2D eigenvalue weighted by atomic mass is 19.4. The van der Waals surface area contributed by atoms with Crippen molar-refractivity contribution in [1.82, 2.24) is 15.2 Å². The summed E-state index contributed by atoms with van der Waals surface area (Å²) in [6.45, 7) is 0.720. The highest BCUT2D eigenvalue weighted by Crippen LogP contribution is 2.40. The molecule has 0 aliphatic heterocycles. The van der Waals surface area contributed by atoms with Crippen LogP contribution in [0.4, 0.5) is 18.9 Å². The van der Waals surface area contributed by atoms with E-state index in [0.717, 1.165) is 12.1 Å². The van der Waals surface area contributed by atoms with Gasteiger partial charge in [0.1, 0.15) is 0 Å². The third-order valence-corrected chi connectivity index (χ3v) is 4.50. The van der Waals surface area contributed by atoms with E-state index >= 15 is 0 Å². The molecule has 3 aromatic rings. The number of carbonyl (C=O) groups excluding carboxylic acids is 1. The second-order valence-electron chi connectivity index (χ2n) is 7.07. The van der Waals surface area contributed by atoms with Crippen molar-refractivity contribution in [1.29, 1.82) is 0 Å². The molecule has 0 fully saturated rings. The Morgan fingerprint density at radius 1 is 1.12 bits per heavy atom. The second kappa shape index (κ2) is 9.18. The number of halogens is 3. The number of likely N-dealkylation sites (N-methyl/N-ethyl adjacent to an activating group) is 1. The Morgan fingerprint density at radius 3 is 2.38 bits per heavy atom. The number of nitro benzene ring substituents is 1. The van der Waals surface area contributed by atoms with Crippen LogP contribution in [0.3, 0.4) is 0 Å². The van der Waals surface area contributed by atoms with Crippen LogP contribution in [0, 0.1) is 10.1 Å². The number of oxazole rings is 1. The molecule has 0 radical (unpaired) electrons. The Labute approximate surface area is 180 Å². The smallest absolute Gasteiger partial charge is 0.417 e. The van der Waals surface area contributed by atoms with E-state index in [4.69, 9.17) is 4.42 Å². The zero-order valence-corrected chi connectivity index (χ0v) is 17.1. The van der Waals surface area contributed by atoms with Gasteiger partial charge in [0.2, 0.25) is 5.89 Å². The second-order valence-corrected chi connectivity index (χ2v) is 7.07. The van der Waals surface area contributed by atoms with Gasteiger partial charge in [-0.3, -0.25) is 14.9 Å². The van der Waals surface area contributed by atoms with Crippen molar-refractivity contribution in [3.63, 3.8) is 0 Å².